The fourth-order valence-corrected chi connectivity index (χ4v) is 2.49. The fourth-order valence-electron chi connectivity index (χ4n) is 1.92. The molecule has 0 radical (unpaired) electrons. The quantitative estimate of drug-likeness (QED) is 0.347. The van der Waals surface area contributed by atoms with Gasteiger partial charge in [-0.3, -0.25) is 4.40 Å². The molecule has 0 aliphatic rings. The van der Waals surface area contributed by atoms with Crippen LogP contribution in [0.5, 0.6) is 0 Å². The van der Waals surface area contributed by atoms with E-state index in [-0.39, 0.29) is 0 Å². The van der Waals surface area contributed by atoms with Gasteiger partial charge in [0, 0.05) is 41.5 Å². The number of ether oxygens (including phenoxy) is 1. The van der Waals surface area contributed by atoms with E-state index < -0.39 is 0 Å². The normalized spacial score (nSPS) is 10.3. The van der Waals surface area contributed by atoms with Crippen LogP contribution in [0.1, 0.15) is 12.2 Å². The van der Waals surface area contributed by atoms with E-state index in [1.807, 2.05) is 28.8 Å². The molecule has 0 saturated carbocycles. The van der Waals surface area contributed by atoms with E-state index in [1.54, 1.807) is 19.4 Å². The molecule has 9 heteroatoms. The van der Waals surface area contributed by atoms with Crippen molar-refractivity contribution < 1.29 is 4.74 Å². The number of hydrogen-bond acceptors (Lipinski definition) is 6. The van der Waals surface area contributed by atoms with Gasteiger partial charge in [0.15, 0.2) is 5.65 Å². The minimum Gasteiger partial charge on any atom is -0.385 e. The summed E-state index contributed by atoms with van der Waals surface area (Å²) in [5, 5.41) is 8.23. The van der Waals surface area contributed by atoms with Crippen molar-refractivity contribution in [3.63, 3.8) is 0 Å². The number of halogens is 2. The third-order valence-electron chi connectivity index (χ3n) is 3.06. The molecule has 0 fully saturated rings. The Morgan fingerprint density at radius 3 is 2.62 bits per heavy atom. The zero-order chi connectivity index (χ0) is 17.4. The van der Waals surface area contributed by atoms with E-state index >= 15 is 0 Å². The number of anilines is 1. The van der Waals surface area contributed by atoms with Gasteiger partial charge in [0.2, 0.25) is 0 Å². The number of fused-ring (bicyclic) bond motifs is 1. The summed E-state index contributed by atoms with van der Waals surface area (Å²) >= 11 is 6.68. The Morgan fingerprint density at radius 1 is 1.17 bits per heavy atom. The lowest BCUT2D eigenvalue weighted by Crippen LogP contribution is -2.07. The van der Waals surface area contributed by atoms with E-state index in [2.05, 4.69) is 52.5 Å². The zero-order valence-electron chi connectivity index (χ0n) is 13.1. The van der Waals surface area contributed by atoms with Gasteiger partial charge in [-0.2, -0.15) is 0 Å². The Bertz CT molecular complexity index is 762. The van der Waals surface area contributed by atoms with Crippen molar-refractivity contribution in [3.05, 3.63) is 51.4 Å². The summed E-state index contributed by atoms with van der Waals surface area (Å²) in [6.45, 7) is 0.753. The predicted octanol–water partition coefficient (Wildman–Crippen LogP) is 3.20. The number of hydrogen-bond donors (Lipinski definition) is 2. The second-order valence-corrected chi connectivity index (χ2v) is 6.63. The van der Waals surface area contributed by atoms with Gasteiger partial charge in [0.05, 0.1) is 0 Å². The van der Waals surface area contributed by atoms with Crippen LogP contribution in [-0.4, -0.2) is 33.3 Å². The topological polar surface area (TPSA) is 90.4 Å². The number of rotatable bonds is 5. The molecule has 0 bridgehead atoms. The van der Waals surface area contributed by atoms with Crippen LogP contribution in [0, 0.1) is 0 Å². The number of pyridine rings is 2. The highest BCUT2D eigenvalue weighted by molar-refractivity contribution is 9.10. The van der Waals surface area contributed by atoms with Crippen molar-refractivity contribution in [3.8, 4) is 0 Å². The van der Waals surface area contributed by atoms with Crippen LogP contribution in [0.3, 0.4) is 0 Å². The summed E-state index contributed by atoms with van der Waals surface area (Å²) in [7, 11) is 1.71. The zero-order valence-corrected chi connectivity index (χ0v) is 16.3. The number of nitrogens with zero attached hydrogens (tertiary/aromatic N) is 4. The van der Waals surface area contributed by atoms with Crippen LogP contribution in [0.2, 0.25) is 0 Å². The van der Waals surface area contributed by atoms with Crippen LogP contribution >= 0.6 is 31.9 Å². The second kappa shape index (κ2) is 9.67. The number of nitrogens with one attached hydrogen (secondary N) is 1. The maximum absolute atomic E-state index is 5.07. The number of aromatic nitrogens is 4. The van der Waals surface area contributed by atoms with Gasteiger partial charge in [0.25, 0.3) is 0 Å². The summed E-state index contributed by atoms with van der Waals surface area (Å²) in [4.78, 5) is 3.91. The lowest BCUT2D eigenvalue weighted by atomic mass is 10.3. The van der Waals surface area contributed by atoms with E-state index in [0.717, 1.165) is 39.9 Å². The smallest absolute Gasteiger partial charge is 0.160 e. The van der Waals surface area contributed by atoms with E-state index in [9.17, 15) is 0 Å². The molecule has 3 aromatic rings. The first-order valence-corrected chi connectivity index (χ1v) is 8.79. The van der Waals surface area contributed by atoms with Crippen molar-refractivity contribution >= 4 is 43.3 Å². The Morgan fingerprint density at radius 2 is 1.96 bits per heavy atom. The molecule has 0 aliphatic heterocycles. The van der Waals surface area contributed by atoms with Gasteiger partial charge in [-0.25, -0.2) is 10.8 Å². The molecule has 3 aromatic heterocycles. The molecule has 0 atom stereocenters. The molecule has 0 aromatic carbocycles. The fraction of sp³-hybridized carbons (Fsp3) is 0.267. The molecule has 7 nitrogen and oxygen atoms in total. The van der Waals surface area contributed by atoms with Gasteiger partial charge >= 0.3 is 0 Å². The average molecular weight is 458 g/mol. The standard InChI is InChI=1S/C10H12BrN3O.C5H6BrN3/c1-15-6-2-3-9-12-13-10-5-4-8(11)7-14(9)10;6-4-1-2-5(9-7)8-3-4/h4-5,7H,2-3,6H2,1H3;1-3H,7H2,(H,8,9). The van der Waals surface area contributed by atoms with Crippen molar-refractivity contribution in [2.75, 3.05) is 19.1 Å². The van der Waals surface area contributed by atoms with Crippen LogP contribution in [-0.2, 0) is 11.2 Å². The minimum atomic E-state index is 0.665. The lowest BCUT2D eigenvalue weighted by molar-refractivity contribution is 0.194. The third-order valence-corrected chi connectivity index (χ3v) is 4.00. The molecule has 24 heavy (non-hydrogen) atoms. The average Bonchev–Trinajstić information content (AvgIpc) is 2.99. The molecule has 0 aliphatic carbocycles. The SMILES string of the molecule is COCCCc1nnc2ccc(Br)cn12.NNc1ccc(Br)cn1. The van der Waals surface area contributed by atoms with Gasteiger partial charge in [0.1, 0.15) is 11.6 Å². The largest absolute Gasteiger partial charge is 0.385 e. The first-order valence-electron chi connectivity index (χ1n) is 7.20. The van der Waals surface area contributed by atoms with Crippen LogP contribution in [0.15, 0.2) is 45.6 Å². The number of nitrogens with two attached hydrogens (primary N) is 1. The van der Waals surface area contributed by atoms with Crippen molar-refractivity contribution in [1.29, 1.82) is 0 Å². The third kappa shape index (κ3) is 5.52. The number of hydrazine groups is 1. The van der Waals surface area contributed by atoms with Crippen LogP contribution in [0.4, 0.5) is 5.82 Å². The van der Waals surface area contributed by atoms with E-state index in [0.29, 0.717) is 5.82 Å². The molecule has 3 rings (SSSR count). The van der Waals surface area contributed by atoms with E-state index in [4.69, 9.17) is 10.6 Å². The molecule has 0 unspecified atom stereocenters. The monoisotopic (exact) mass is 456 g/mol. The molecular formula is C15H18Br2N6O. The highest BCUT2D eigenvalue weighted by Gasteiger charge is 2.04. The van der Waals surface area contributed by atoms with Crippen molar-refractivity contribution in [2.24, 2.45) is 5.84 Å². The lowest BCUT2D eigenvalue weighted by Gasteiger charge is -1.99. The Kier molecular flexibility index (Phi) is 7.57. The minimum absolute atomic E-state index is 0.665. The maximum Gasteiger partial charge on any atom is 0.160 e. The molecule has 128 valence electrons. The summed E-state index contributed by atoms with van der Waals surface area (Å²) in [6.07, 6.45) is 5.50. The van der Waals surface area contributed by atoms with Gasteiger partial charge in [-0.15, -0.1) is 10.2 Å². The van der Waals surface area contributed by atoms with Gasteiger partial charge in [-0.05, 0) is 62.5 Å². The molecular weight excluding hydrogens is 440 g/mol. The summed E-state index contributed by atoms with van der Waals surface area (Å²) in [6, 6.07) is 7.55. The van der Waals surface area contributed by atoms with Crippen molar-refractivity contribution in [2.45, 2.75) is 12.8 Å². The molecule has 0 amide bonds. The summed E-state index contributed by atoms with van der Waals surface area (Å²) < 4.78 is 8.99. The highest BCUT2D eigenvalue weighted by atomic mass is 79.9. The molecule has 3 N–H and O–H groups in total. The predicted molar refractivity (Wildman–Crippen MR) is 101 cm³/mol. The molecule has 3 heterocycles. The number of aryl methyl sites for hydroxylation is 1. The maximum atomic E-state index is 5.07. The van der Waals surface area contributed by atoms with Crippen LogP contribution < -0.4 is 11.3 Å². The summed E-state index contributed by atoms with van der Waals surface area (Å²) in [5.41, 5.74) is 3.30. The highest BCUT2D eigenvalue weighted by Crippen LogP contribution is 2.13. The molecule has 0 saturated heterocycles. The number of nitrogen functional groups attached to an aromatic ring is 1. The van der Waals surface area contributed by atoms with Gasteiger partial charge < -0.3 is 10.2 Å². The van der Waals surface area contributed by atoms with Crippen molar-refractivity contribution in [1.82, 2.24) is 19.6 Å². The Labute approximate surface area is 156 Å². The number of methoxy groups -OCH3 is 1. The Balaban J connectivity index is 0.000000198. The van der Waals surface area contributed by atoms with Crippen LogP contribution in [0.25, 0.3) is 5.65 Å². The summed E-state index contributed by atoms with van der Waals surface area (Å²) in [5.74, 6) is 6.71. The Hall–Kier alpha value is -1.55. The first kappa shape index (κ1) is 18.8. The first-order chi connectivity index (χ1) is 11.6. The molecule has 0 spiro atoms. The van der Waals surface area contributed by atoms with E-state index in [1.165, 1.54) is 0 Å². The van der Waals surface area contributed by atoms with Gasteiger partial charge in [-0.1, -0.05) is 0 Å². The second-order valence-electron chi connectivity index (χ2n) is 4.79.